The molecule has 0 saturated carbocycles. The molecule has 1 aromatic heterocycles. The largest absolute Gasteiger partial charge is 0.316 e. The second kappa shape index (κ2) is 6.70. The topological polar surface area (TPSA) is 46.4 Å². The Hall–Kier alpha value is -3.21. The molecule has 2 aromatic carbocycles. The third-order valence-corrected chi connectivity index (χ3v) is 3.28. The third kappa shape index (κ3) is 3.52. The lowest BCUT2D eigenvalue weighted by Crippen LogP contribution is -2.17. The highest BCUT2D eigenvalue weighted by Crippen LogP contribution is 2.10. The van der Waals surface area contributed by atoms with E-state index in [1.54, 1.807) is 6.21 Å². The van der Waals surface area contributed by atoms with Gasteiger partial charge < -0.3 is 4.57 Å². The summed E-state index contributed by atoms with van der Waals surface area (Å²) >= 11 is 0. The quantitative estimate of drug-likeness (QED) is 0.583. The second-order valence-electron chi connectivity index (χ2n) is 4.84. The number of benzene rings is 2. The number of hydrogen-bond acceptors (Lipinski definition) is 2. The highest BCUT2D eigenvalue weighted by atomic mass is 19.1. The molecule has 0 aliphatic heterocycles. The lowest BCUT2D eigenvalue weighted by atomic mass is 10.2. The standard InChI is InChI=1S/C18H14FN3O/c19-15-10-8-14(9-11-15)18(23)21-20-13-17-7-4-12-22(17)16-5-2-1-3-6-16/h1-13H,(H,21,23)/b20-13-. The molecule has 1 N–H and O–H groups in total. The first-order valence-electron chi connectivity index (χ1n) is 7.06. The maximum atomic E-state index is 12.8. The minimum absolute atomic E-state index is 0.349. The van der Waals surface area contributed by atoms with Crippen LogP contribution in [0.15, 0.2) is 78.0 Å². The zero-order valence-electron chi connectivity index (χ0n) is 12.2. The predicted octanol–water partition coefficient (Wildman–Crippen LogP) is 3.38. The van der Waals surface area contributed by atoms with E-state index < -0.39 is 0 Å². The van der Waals surface area contributed by atoms with Crippen LogP contribution in [0.1, 0.15) is 16.1 Å². The maximum Gasteiger partial charge on any atom is 0.271 e. The molecule has 0 saturated heterocycles. The van der Waals surface area contributed by atoms with Gasteiger partial charge in [0.1, 0.15) is 5.82 Å². The summed E-state index contributed by atoms with van der Waals surface area (Å²) in [7, 11) is 0. The van der Waals surface area contributed by atoms with Crippen molar-refractivity contribution in [1.82, 2.24) is 9.99 Å². The molecular weight excluding hydrogens is 293 g/mol. The zero-order chi connectivity index (χ0) is 16.1. The summed E-state index contributed by atoms with van der Waals surface area (Å²) < 4.78 is 14.8. The molecule has 0 bridgehead atoms. The van der Waals surface area contributed by atoms with E-state index >= 15 is 0 Å². The molecule has 4 nitrogen and oxygen atoms in total. The van der Waals surface area contributed by atoms with Gasteiger partial charge in [-0.3, -0.25) is 4.79 Å². The van der Waals surface area contributed by atoms with Crippen LogP contribution in [0.4, 0.5) is 4.39 Å². The van der Waals surface area contributed by atoms with Gasteiger partial charge in [-0.1, -0.05) is 18.2 Å². The van der Waals surface area contributed by atoms with Crippen LogP contribution in [0.5, 0.6) is 0 Å². The van der Waals surface area contributed by atoms with Crippen LogP contribution >= 0.6 is 0 Å². The molecule has 0 spiro atoms. The summed E-state index contributed by atoms with van der Waals surface area (Å²) in [5.74, 6) is -0.773. The monoisotopic (exact) mass is 307 g/mol. The number of rotatable bonds is 4. The van der Waals surface area contributed by atoms with E-state index in [4.69, 9.17) is 0 Å². The zero-order valence-corrected chi connectivity index (χ0v) is 12.2. The number of carbonyl (C=O) groups excluding carboxylic acids is 1. The Balaban J connectivity index is 1.71. The van der Waals surface area contributed by atoms with Crippen LogP contribution in [0.3, 0.4) is 0 Å². The van der Waals surface area contributed by atoms with E-state index in [9.17, 15) is 9.18 Å². The van der Waals surface area contributed by atoms with Gasteiger partial charge in [0.2, 0.25) is 0 Å². The first kappa shape index (κ1) is 14.7. The van der Waals surface area contributed by atoms with E-state index in [1.807, 2.05) is 53.2 Å². The average Bonchev–Trinajstić information content (AvgIpc) is 3.05. The molecule has 0 radical (unpaired) electrons. The second-order valence-corrected chi connectivity index (χ2v) is 4.84. The van der Waals surface area contributed by atoms with Gasteiger partial charge in [0.25, 0.3) is 5.91 Å². The van der Waals surface area contributed by atoms with Gasteiger partial charge in [-0.05, 0) is 48.5 Å². The number of carbonyl (C=O) groups is 1. The smallest absolute Gasteiger partial charge is 0.271 e. The van der Waals surface area contributed by atoms with Gasteiger partial charge in [-0.15, -0.1) is 0 Å². The fourth-order valence-corrected chi connectivity index (χ4v) is 2.15. The average molecular weight is 307 g/mol. The molecule has 1 amide bonds. The van der Waals surface area contributed by atoms with Crippen molar-refractivity contribution in [2.45, 2.75) is 0 Å². The van der Waals surface area contributed by atoms with E-state index in [2.05, 4.69) is 10.5 Å². The van der Waals surface area contributed by atoms with Gasteiger partial charge in [0.05, 0.1) is 11.9 Å². The Bertz CT molecular complexity index is 823. The third-order valence-electron chi connectivity index (χ3n) is 3.28. The minimum atomic E-state index is -0.390. The number of nitrogens with one attached hydrogen (secondary N) is 1. The number of para-hydroxylation sites is 1. The van der Waals surface area contributed by atoms with Crippen LogP contribution in [0, 0.1) is 5.82 Å². The summed E-state index contributed by atoms with van der Waals surface area (Å²) in [4.78, 5) is 11.9. The van der Waals surface area contributed by atoms with Crippen LogP contribution in [-0.2, 0) is 0 Å². The van der Waals surface area contributed by atoms with Crippen molar-refractivity contribution in [2.75, 3.05) is 0 Å². The first-order chi connectivity index (χ1) is 11.2. The van der Waals surface area contributed by atoms with E-state index in [0.29, 0.717) is 5.56 Å². The number of hydrogen-bond donors (Lipinski definition) is 1. The van der Waals surface area contributed by atoms with Crippen molar-refractivity contribution in [3.05, 3.63) is 90.0 Å². The van der Waals surface area contributed by atoms with Gasteiger partial charge >= 0.3 is 0 Å². The van der Waals surface area contributed by atoms with Crippen molar-refractivity contribution in [2.24, 2.45) is 5.10 Å². The van der Waals surface area contributed by atoms with Gasteiger partial charge in [-0.25, -0.2) is 9.82 Å². The van der Waals surface area contributed by atoms with Crippen LogP contribution in [0.2, 0.25) is 0 Å². The van der Waals surface area contributed by atoms with E-state index in [0.717, 1.165) is 11.4 Å². The summed E-state index contributed by atoms with van der Waals surface area (Å²) in [6.45, 7) is 0. The number of halogens is 1. The van der Waals surface area contributed by atoms with E-state index in [1.165, 1.54) is 24.3 Å². The molecule has 3 aromatic rings. The maximum absolute atomic E-state index is 12.8. The van der Waals surface area contributed by atoms with Crippen molar-refractivity contribution in [3.8, 4) is 5.69 Å². The summed E-state index contributed by atoms with van der Waals surface area (Å²) in [5.41, 5.74) is 4.61. The summed E-state index contributed by atoms with van der Waals surface area (Å²) in [5, 5.41) is 3.96. The molecule has 23 heavy (non-hydrogen) atoms. The fourth-order valence-electron chi connectivity index (χ4n) is 2.15. The lowest BCUT2D eigenvalue weighted by Gasteiger charge is -2.05. The number of nitrogens with zero attached hydrogens (tertiary/aromatic N) is 2. The van der Waals surface area contributed by atoms with Crippen molar-refractivity contribution < 1.29 is 9.18 Å². The number of amides is 1. The Kier molecular flexibility index (Phi) is 4.29. The molecule has 5 heteroatoms. The number of hydrazone groups is 1. The summed E-state index contributed by atoms with van der Waals surface area (Å²) in [6.07, 6.45) is 3.48. The molecule has 1 heterocycles. The molecule has 114 valence electrons. The van der Waals surface area contributed by atoms with Crippen molar-refractivity contribution in [1.29, 1.82) is 0 Å². The molecule has 0 aliphatic carbocycles. The Morgan fingerprint density at radius 2 is 1.74 bits per heavy atom. The predicted molar refractivity (Wildman–Crippen MR) is 87.2 cm³/mol. The Morgan fingerprint density at radius 3 is 2.48 bits per heavy atom. The lowest BCUT2D eigenvalue weighted by molar-refractivity contribution is 0.0955. The van der Waals surface area contributed by atoms with Crippen molar-refractivity contribution in [3.63, 3.8) is 0 Å². The van der Waals surface area contributed by atoms with Gasteiger partial charge in [-0.2, -0.15) is 5.10 Å². The highest BCUT2D eigenvalue weighted by molar-refractivity contribution is 5.94. The molecule has 0 unspecified atom stereocenters. The van der Waals surface area contributed by atoms with Gasteiger partial charge in [0, 0.05) is 17.4 Å². The fraction of sp³-hybridized carbons (Fsp3) is 0. The summed E-state index contributed by atoms with van der Waals surface area (Å²) in [6, 6.07) is 18.9. The molecule has 0 fully saturated rings. The highest BCUT2D eigenvalue weighted by Gasteiger charge is 2.04. The SMILES string of the molecule is O=C(N/N=C\c1cccn1-c1ccccc1)c1ccc(F)cc1. The van der Waals surface area contributed by atoms with Gasteiger partial charge in [0.15, 0.2) is 0 Å². The molecular formula is C18H14FN3O. The minimum Gasteiger partial charge on any atom is -0.316 e. The Labute approximate surface area is 132 Å². The molecule has 0 atom stereocenters. The Morgan fingerprint density at radius 1 is 1.00 bits per heavy atom. The van der Waals surface area contributed by atoms with Crippen LogP contribution in [0.25, 0.3) is 5.69 Å². The van der Waals surface area contributed by atoms with Crippen molar-refractivity contribution >= 4 is 12.1 Å². The first-order valence-corrected chi connectivity index (χ1v) is 7.06. The molecule has 3 rings (SSSR count). The van der Waals surface area contributed by atoms with Crippen LogP contribution < -0.4 is 5.43 Å². The van der Waals surface area contributed by atoms with E-state index in [-0.39, 0.29) is 11.7 Å². The van der Waals surface area contributed by atoms with Crippen LogP contribution in [-0.4, -0.2) is 16.7 Å². The normalized spacial score (nSPS) is 10.8. The number of aromatic nitrogens is 1. The molecule has 0 aliphatic rings.